The molecule has 0 atom stereocenters. The number of hydrogen-bond acceptors (Lipinski definition) is 4. The third-order valence-electron chi connectivity index (χ3n) is 6.64. The molecule has 38 heavy (non-hydrogen) atoms. The summed E-state index contributed by atoms with van der Waals surface area (Å²) in [5.41, 5.74) is 9.69. The topological polar surface area (TPSA) is 55.9 Å². The van der Waals surface area contributed by atoms with Crippen LogP contribution in [0.25, 0.3) is 11.2 Å². The molecule has 1 N–H and O–H groups in total. The Kier molecular flexibility index (Phi) is 8.21. The summed E-state index contributed by atoms with van der Waals surface area (Å²) < 4.78 is 4.45. The number of anilines is 1. The van der Waals surface area contributed by atoms with E-state index >= 15 is 0 Å². The van der Waals surface area contributed by atoms with Crippen LogP contribution in [0.4, 0.5) is 5.82 Å². The number of benzene rings is 3. The van der Waals surface area contributed by atoms with Gasteiger partial charge in [-0.05, 0) is 30.0 Å². The van der Waals surface area contributed by atoms with E-state index in [1.807, 2.05) is 30.3 Å². The highest BCUT2D eigenvalue weighted by Crippen LogP contribution is 2.26. The van der Waals surface area contributed by atoms with Crippen LogP contribution in [0.5, 0.6) is 0 Å². The largest absolute Gasteiger partial charge is 0.308 e. The predicted molar refractivity (Wildman–Crippen MR) is 151 cm³/mol. The first-order valence-corrected chi connectivity index (χ1v) is 13.2. The van der Waals surface area contributed by atoms with Gasteiger partial charge in [0.05, 0.1) is 13.2 Å². The van der Waals surface area contributed by atoms with E-state index in [-0.39, 0.29) is 6.04 Å². The molecule has 2 aromatic heterocycles. The van der Waals surface area contributed by atoms with Gasteiger partial charge in [-0.1, -0.05) is 121 Å². The Hall–Kier alpha value is -4.29. The Morgan fingerprint density at radius 3 is 2.18 bits per heavy atom. The molecule has 5 aromatic rings. The molecule has 2 heterocycles. The zero-order valence-electron chi connectivity index (χ0n) is 22.0. The van der Waals surface area contributed by atoms with Gasteiger partial charge in [0.25, 0.3) is 0 Å². The van der Waals surface area contributed by atoms with E-state index in [0.717, 1.165) is 29.6 Å². The highest BCUT2D eigenvalue weighted by molar-refractivity contribution is 5.80. The zero-order chi connectivity index (χ0) is 26.2. The summed E-state index contributed by atoms with van der Waals surface area (Å²) in [6.45, 7) is 5.55. The van der Waals surface area contributed by atoms with Crippen molar-refractivity contribution >= 4 is 17.0 Å². The summed E-state index contributed by atoms with van der Waals surface area (Å²) in [4.78, 5) is 15.3. The molecule has 0 aliphatic rings. The van der Waals surface area contributed by atoms with Crippen molar-refractivity contribution < 1.29 is 9.40 Å². The van der Waals surface area contributed by atoms with E-state index in [1.54, 1.807) is 6.33 Å². The Morgan fingerprint density at radius 2 is 1.55 bits per heavy atom. The van der Waals surface area contributed by atoms with Gasteiger partial charge in [0.2, 0.25) is 5.52 Å². The van der Waals surface area contributed by atoms with Gasteiger partial charge in [-0.25, -0.2) is 10.0 Å². The third kappa shape index (κ3) is 5.82. The van der Waals surface area contributed by atoms with Gasteiger partial charge < -0.3 is 0 Å². The Bertz CT molecular complexity index is 1440. The molecule has 0 unspecified atom stereocenters. The molecule has 5 rings (SSSR count). The standard InChI is InChI=1S/C32H34N5O/c1-3-13-25(2)20-21-36-24-37(29(27-16-9-5-10-17-27)28-18-11-6-12-19-28)32-30(36)31(33-23-34-32)35-38-22-26-14-7-4-8-15-26/h4-12,14-20,23-24,29H,3,13,21-22H2,1-2H3,(H,33,34,35)/q+1/b25-20+. The van der Waals surface area contributed by atoms with Crippen LogP contribution in [0.2, 0.25) is 0 Å². The van der Waals surface area contributed by atoms with Crippen LogP contribution in [0, 0.1) is 0 Å². The number of aromatic nitrogens is 4. The number of nitrogens with one attached hydrogen (secondary N) is 1. The van der Waals surface area contributed by atoms with Gasteiger partial charge in [0.1, 0.15) is 6.04 Å². The van der Waals surface area contributed by atoms with Gasteiger partial charge in [-0.2, -0.15) is 4.98 Å². The fourth-order valence-electron chi connectivity index (χ4n) is 4.78. The van der Waals surface area contributed by atoms with Gasteiger partial charge in [-0.15, -0.1) is 0 Å². The number of fused-ring (bicyclic) bond motifs is 1. The summed E-state index contributed by atoms with van der Waals surface area (Å²) in [6, 6.07) is 31.2. The number of rotatable bonds is 11. The van der Waals surface area contributed by atoms with E-state index in [2.05, 4.69) is 107 Å². The lowest BCUT2D eigenvalue weighted by Crippen LogP contribution is -2.40. The lowest BCUT2D eigenvalue weighted by molar-refractivity contribution is -0.682. The van der Waals surface area contributed by atoms with E-state index < -0.39 is 0 Å². The van der Waals surface area contributed by atoms with E-state index in [4.69, 9.17) is 9.82 Å². The normalized spacial score (nSPS) is 11.8. The molecule has 0 radical (unpaired) electrons. The van der Waals surface area contributed by atoms with Crippen molar-refractivity contribution in [3.8, 4) is 0 Å². The Labute approximate surface area is 224 Å². The fourth-order valence-corrected chi connectivity index (χ4v) is 4.78. The SMILES string of the molecule is CCC/C(C)=C/Cn1c[n+](C(c2ccccc2)c2ccccc2)c2ncnc(NOCc3ccccc3)c21. The highest BCUT2D eigenvalue weighted by Gasteiger charge is 2.28. The molecule has 0 bridgehead atoms. The summed E-state index contributed by atoms with van der Waals surface area (Å²) in [5, 5.41) is 0. The molecule has 0 aliphatic carbocycles. The maximum atomic E-state index is 5.89. The summed E-state index contributed by atoms with van der Waals surface area (Å²) in [5.74, 6) is 0.645. The summed E-state index contributed by atoms with van der Waals surface area (Å²) >= 11 is 0. The number of imidazole rings is 1. The van der Waals surface area contributed by atoms with Crippen molar-refractivity contribution in [3.05, 3.63) is 132 Å². The van der Waals surface area contributed by atoms with Gasteiger partial charge >= 0.3 is 5.65 Å². The molecule has 0 fully saturated rings. The zero-order valence-corrected chi connectivity index (χ0v) is 22.0. The van der Waals surface area contributed by atoms with Crippen LogP contribution < -0.4 is 10.0 Å². The molecule has 0 saturated carbocycles. The number of hydrogen-bond donors (Lipinski definition) is 1. The van der Waals surface area contributed by atoms with Gasteiger partial charge in [-0.3, -0.25) is 9.40 Å². The van der Waals surface area contributed by atoms with Crippen LogP contribution >= 0.6 is 0 Å². The van der Waals surface area contributed by atoms with Crippen molar-refractivity contribution in [2.45, 2.75) is 45.9 Å². The summed E-state index contributed by atoms with van der Waals surface area (Å²) in [6.07, 6.45) is 8.25. The van der Waals surface area contributed by atoms with Crippen LogP contribution in [-0.4, -0.2) is 14.5 Å². The highest BCUT2D eigenvalue weighted by atomic mass is 16.6. The second-order valence-electron chi connectivity index (χ2n) is 9.47. The number of allylic oxidation sites excluding steroid dienone is 2. The second-order valence-corrected chi connectivity index (χ2v) is 9.47. The average Bonchev–Trinajstić information content (AvgIpc) is 3.33. The van der Waals surface area contributed by atoms with Crippen molar-refractivity contribution in [1.82, 2.24) is 14.5 Å². The van der Waals surface area contributed by atoms with Gasteiger partial charge in [0.15, 0.2) is 18.5 Å². The quantitative estimate of drug-likeness (QED) is 0.124. The molecule has 0 saturated heterocycles. The van der Waals surface area contributed by atoms with Crippen molar-refractivity contribution in [3.63, 3.8) is 0 Å². The molecule has 6 heteroatoms. The smallest absolute Gasteiger partial charge is 0.270 e. The third-order valence-corrected chi connectivity index (χ3v) is 6.64. The minimum Gasteiger partial charge on any atom is -0.270 e. The van der Waals surface area contributed by atoms with Crippen molar-refractivity contribution in [2.75, 3.05) is 5.48 Å². The minimum absolute atomic E-state index is 0.0464. The first-order valence-electron chi connectivity index (χ1n) is 13.2. The van der Waals surface area contributed by atoms with Crippen molar-refractivity contribution in [1.29, 1.82) is 0 Å². The molecule has 0 spiro atoms. The minimum atomic E-state index is -0.0464. The lowest BCUT2D eigenvalue weighted by atomic mass is 9.98. The van der Waals surface area contributed by atoms with Crippen LogP contribution in [-0.2, 0) is 18.0 Å². The monoisotopic (exact) mass is 504 g/mol. The maximum Gasteiger partial charge on any atom is 0.308 e. The Morgan fingerprint density at radius 1 is 0.921 bits per heavy atom. The molecule has 0 amide bonds. The van der Waals surface area contributed by atoms with E-state index in [1.165, 1.54) is 16.7 Å². The lowest BCUT2D eigenvalue weighted by Gasteiger charge is -2.16. The van der Waals surface area contributed by atoms with E-state index in [0.29, 0.717) is 19.0 Å². The molecule has 3 aromatic carbocycles. The summed E-state index contributed by atoms with van der Waals surface area (Å²) in [7, 11) is 0. The molecule has 192 valence electrons. The van der Waals surface area contributed by atoms with Crippen LogP contribution in [0.1, 0.15) is 49.4 Å². The average molecular weight is 505 g/mol. The Balaban J connectivity index is 1.59. The second kappa shape index (κ2) is 12.3. The van der Waals surface area contributed by atoms with Gasteiger partial charge in [0, 0.05) is 0 Å². The van der Waals surface area contributed by atoms with Crippen LogP contribution in [0.3, 0.4) is 0 Å². The first-order chi connectivity index (χ1) is 18.7. The van der Waals surface area contributed by atoms with E-state index in [9.17, 15) is 0 Å². The fraction of sp³-hybridized carbons (Fsp3) is 0.219. The van der Waals surface area contributed by atoms with Crippen LogP contribution in [0.15, 0.2) is 115 Å². The predicted octanol–water partition coefficient (Wildman–Crippen LogP) is 6.65. The van der Waals surface area contributed by atoms with Crippen molar-refractivity contribution in [2.24, 2.45) is 0 Å². The number of nitrogens with zero attached hydrogens (tertiary/aromatic N) is 4. The first kappa shape index (κ1) is 25.4. The molecule has 0 aliphatic heterocycles. The molecular weight excluding hydrogens is 470 g/mol. The molecule has 6 nitrogen and oxygen atoms in total. The molecular formula is C32H34N5O+. The maximum absolute atomic E-state index is 5.89.